The fourth-order valence-corrected chi connectivity index (χ4v) is 14.1. The summed E-state index contributed by atoms with van der Waals surface area (Å²) in [6.45, 7) is 16.5. The maximum atomic E-state index is 2.78. The van der Waals surface area contributed by atoms with Crippen molar-refractivity contribution in [3.63, 3.8) is 0 Å². The maximum Gasteiger partial charge on any atom is 0.252 e. The Morgan fingerprint density at radius 1 is 0.377 bits per heavy atom. The van der Waals surface area contributed by atoms with Crippen molar-refractivity contribution in [1.82, 2.24) is 0 Å². The molecule has 3 nitrogen and oxygen atoms in total. The van der Waals surface area contributed by atoms with E-state index in [1.54, 1.807) is 0 Å². The van der Waals surface area contributed by atoms with Gasteiger partial charge in [-0.15, -0.1) is 0 Å². The Bertz CT molecular complexity index is 3930. The minimum absolute atomic E-state index is 0.00365. The van der Waals surface area contributed by atoms with E-state index in [9.17, 15) is 0 Å². The standard InChI is InChI=1S/C73H64BN3/c1-70(2,3)55-35-38-58(39-36-55)75-65-41-37-57(71(4,5)6)44-63(65)74-62-40-34-52(50-24-13-9-14-25-50)43-66(62)76(59-31-21-28-51(42-59)49-22-11-8-12-23-49)68-46-60(45-67(75)69(68)74)77-64-33-20-19-32-61(64)73(56-29-15-10-16-30-56)48-54-27-18-17-26-53(54)47-72(73,77)7/h8-46H,47-48H2,1-7H3. The summed E-state index contributed by atoms with van der Waals surface area (Å²) < 4.78 is 0. The van der Waals surface area contributed by atoms with E-state index in [-0.39, 0.29) is 23.0 Å². The van der Waals surface area contributed by atoms with Crippen LogP contribution in [0.2, 0.25) is 0 Å². The second-order valence-corrected chi connectivity index (χ2v) is 24.4. The van der Waals surface area contributed by atoms with Crippen molar-refractivity contribution < 1.29 is 0 Å². The van der Waals surface area contributed by atoms with Gasteiger partial charge in [-0.1, -0.05) is 224 Å². The smallest absolute Gasteiger partial charge is 0.252 e. The zero-order chi connectivity index (χ0) is 52.4. The molecule has 0 spiro atoms. The van der Waals surface area contributed by atoms with Crippen molar-refractivity contribution in [2.75, 3.05) is 14.7 Å². The zero-order valence-electron chi connectivity index (χ0n) is 45.3. The minimum Gasteiger partial charge on any atom is -0.334 e. The Balaban J connectivity index is 1.11. The second kappa shape index (κ2) is 17.3. The summed E-state index contributed by atoms with van der Waals surface area (Å²) in [7, 11) is 0. The molecule has 3 aliphatic heterocycles. The van der Waals surface area contributed by atoms with Crippen LogP contribution in [0.4, 0.5) is 45.5 Å². The highest BCUT2D eigenvalue weighted by atomic mass is 15.3. The van der Waals surface area contributed by atoms with Crippen molar-refractivity contribution in [3.8, 4) is 22.3 Å². The Hall–Kier alpha value is -8.34. The van der Waals surface area contributed by atoms with E-state index >= 15 is 0 Å². The van der Waals surface area contributed by atoms with Crippen molar-refractivity contribution in [3.05, 3.63) is 270 Å². The van der Waals surface area contributed by atoms with Crippen LogP contribution in [0, 0.1) is 0 Å². The molecule has 0 saturated carbocycles. The minimum atomic E-state index is -0.411. The highest BCUT2D eigenvalue weighted by Gasteiger charge is 2.62. The highest BCUT2D eigenvalue weighted by molar-refractivity contribution is 7.00. The van der Waals surface area contributed by atoms with Crippen molar-refractivity contribution in [2.24, 2.45) is 0 Å². The first-order valence-corrected chi connectivity index (χ1v) is 27.7. The van der Waals surface area contributed by atoms with Crippen molar-refractivity contribution >= 4 is 68.6 Å². The van der Waals surface area contributed by atoms with Crippen LogP contribution in [0.5, 0.6) is 0 Å². The number of anilines is 8. The molecular formula is C73H64BN3. The molecule has 0 fully saturated rings. The van der Waals surface area contributed by atoms with Crippen LogP contribution < -0.4 is 31.1 Å². The molecule has 10 aromatic carbocycles. The Labute approximate surface area is 456 Å². The molecule has 4 heteroatoms. The fraction of sp³-hybridized carbons (Fsp3) is 0.178. The third-order valence-corrected chi connectivity index (χ3v) is 17.9. The monoisotopic (exact) mass is 994 g/mol. The summed E-state index contributed by atoms with van der Waals surface area (Å²) in [5.41, 5.74) is 25.7. The van der Waals surface area contributed by atoms with Crippen LogP contribution in [0.15, 0.2) is 237 Å². The van der Waals surface area contributed by atoms with E-state index in [1.165, 1.54) is 106 Å². The lowest BCUT2D eigenvalue weighted by atomic mass is 9.33. The van der Waals surface area contributed by atoms with Gasteiger partial charge in [0.15, 0.2) is 0 Å². The molecular weight excluding hydrogens is 930 g/mol. The van der Waals surface area contributed by atoms with Gasteiger partial charge in [0.1, 0.15) is 0 Å². The molecule has 374 valence electrons. The second-order valence-electron chi connectivity index (χ2n) is 24.4. The largest absolute Gasteiger partial charge is 0.334 e. The predicted molar refractivity (Wildman–Crippen MR) is 327 cm³/mol. The average molecular weight is 994 g/mol. The normalized spacial score (nSPS) is 18.0. The number of hydrogen-bond acceptors (Lipinski definition) is 3. The van der Waals surface area contributed by atoms with Gasteiger partial charge >= 0.3 is 0 Å². The lowest BCUT2D eigenvalue weighted by Gasteiger charge is -2.53. The van der Waals surface area contributed by atoms with Crippen LogP contribution >= 0.6 is 0 Å². The van der Waals surface area contributed by atoms with E-state index in [0.717, 1.165) is 24.2 Å². The van der Waals surface area contributed by atoms with Crippen LogP contribution in [0.25, 0.3) is 22.3 Å². The number of nitrogens with zero attached hydrogens (tertiary/aromatic N) is 3. The molecule has 2 unspecified atom stereocenters. The molecule has 4 aliphatic rings. The first-order valence-electron chi connectivity index (χ1n) is 27.7. The number of benzene rings is 10. The van der Waals surface area contributed by atoms with Crippen molar-refractivity contribution in [1.29, 1.82) is 0 Å². The van der Waals surface area contributed by atoms with Gasteiger partial charge < -0.3 is 14.7 Å². The first kappa shape index (κ1) is 47.1. The molecule has 77 heavy (non-hydrogen) atoms. The number of para-hydroxylation sites is 1. The van der Waals surface area contributed by atoms with E-state index in [0.29, 0.717) is 0 Å². The van der Waals surface area contributed by atoms with Crippen molar-refractivity contribution in [2.45, 2.75) is 83.1 Å². The number of hydrogen-bond donors (Lipinski definition) is 0. The number of fused-ring (bicyclic) bond motifs is 8. The first-order chi connectivity index (χ1) is 37.3. The van der Waals surface area contributed by atoms with Crippen LogP contribution in [0.1, 0.15) is 81.8 Å². The van der Waals surface area contributed by atoms with Gasteiger partial charge in [-0.25, -0.2) is 0 Å². The summed E-state index contributed by atoms with van der Waals surface area (Å²) >= 11 is 0. The molecule has 10 aromatic rings. The van der Waals surface area contributed by atoms with E-state index in [1.807, 2.05) is 0 Å². The molecule has 0 amide bonds. The fourth-order valence-electron chi connectivity index (χ4n) is 14.1. The van der Waals surface area contributed by atoms with Crippen LogP contribution in [0.3, 0.4) is 0 Å². The topological polar surface area (TPSA) is 9.72 Å². The maximum absolute atomic E-state index is 2.78. The Kier molecular flexibility index (Phi) is 10.6. The van der Waals surface area contributed by atoms with Gasteiger partial charge in [0.25, 0.3) is 6.71 Å². The molecule has 3 heterocycles. The molecule has 0 saturated heterocycles. The van der Waals surface area contributed by atoms with Gasteiger partial charge in [-0.3, -0.25) is 0 Å². The molecule has 2 atom stereocenters. The number of rotatable bonds is 6. The highest BCUT2D eigenvalue weighted by Crippen LogP contribution is 2.63. The summed E-state index contributed by atoms with van der Waals surface area (Å²) in [6.07, 6.45) is 1.78. The molecule has 0 aromatic heterocycles. The van der Waals surface area contributed by atoms with Crippen LogP contribution in [-0.2, 0) is 29.1 Å². The van der Waals surface area contributed by atoms with Gasteiger partial charge in [0.05, 0.1) is 5.54 Å². The van der Waals surface area contributed by atoms with Crippen LogP contribution in [-0.4, -0.2) is 12.3 Å². The summed E-state index contributed by atoms with van der Waals surface area (Å²) in [5, 5.41) is 0. The van der Waals surface area contributed by atoms with E-state index in [2.05, 4.69) is 300 Å². The third kappa shape index (κ3) is 7.25. The molecule has 0 bridgehead atoms. The molecule has 0 radical (unpaired) electrons. The summed E-state index contributed by atoms with van der Waals surface area (Å²) in [5.74, 6) is 0. The molecule has 14 rings (SSSR count). The lowest BCUT2D eigenvalue weighted by Crippen LogP contribution is -2.62. The van der Waals surface area contributed by atoms with E-state index in [4.69, 9.17) is 0 Å². The predicted octanol–water partition coefficient (Wildman–Crippen LogP) is 16.7. The van der Waals surface area contributed by atoms with Gasteiger partial charge in [0, 0.05) is 50.9 Å². The average Bonchev–Trinajstić information content (AvgIpc) is 3.81. The van der Waals surface area contributed by atoms with E-state index < -0.39 is 5.54 Å². The zero-order valence-corrected chi connectivity index (χ0v) is 45.3. The molecule has 0 N–H and O–H groups in total. The van der Waals surface area contributed by atoms with Gasteiger partial charge in [-0.2, -0.15) is 0 Å². The molecule has 1 aliphatic carbocycles. The summed E-state index contributed by atoms with van der Waals surface area (Å²) in [6, 6.07) is 90.3. The lowest BCUT2D eigenvalue weighted by molar-refractivity contribution is 0.281. The van der Waals surface area contributed by atoms with Gasteiger partial charge in [0.2, 0.25) is 0 Å². The third-order valence-electron chi connectivity index (χ3n) is 17.9. The Morgan fingerprint density at radius 2 is 0.935 bits per heavy atom. The summed E-state index contributed by atoms with van der Waals surface area (Å²) in [4.78, 5) is 8.02. The Morgan fingerprint density at radius 3 is 1.60 bits per heavy atom. The van der Waals surface area contributed by atoms with Gasteiger partial charge in [-0.05, 0) is 157 Å². The quantitative estimate of drug-likeness (QED) is 0.154. The SMILES string of the molecule is CC(C)(C)c1ccc(N2c3ccc(C(C)(C)C)cc3B3c4ccc(-c5ccccc5)cc4N(c4cccc(-c5ccccc5)c4)c4cc(N5c6ccccc6C6(c7ccccc7)Cc7ccccc7CC56C)cc2c43)cc1.